The minimum Gasteiger partial charge on any atom is -0.481 e. The molecule has 1 aliphatic carbocycles. The van der Waals surface area contributed by atoms with Gasteiger partial charge in [0.15, 0.2) is 0 Å². The molecule has 1 saturated carbocycles. The molecule has 0 aliphatic heterocycles. The number of rotatable bonds is 4. The monoisotopic (exact) mass is 317 g/mol. The molecule has 0 radical (unpaired) electrons. The van der Waals surface area contributed by atoms with Gasteiger partial charge in [-0.2, -0.15) is 0 Å². The Labute approximate surface area is 123 Å². The van der Waals surface area contributed by atoms with Crippen molar-refractivity contribution in [1.29, 1.82) is 0 Å². The van der Waals surface area contributed by atoms with Crippen LogP contribution in [0.4, 0.5) is 0 Å². The number of hydrogen-bond donors (Lipinski definition) is 2. The minimum atomic E-state index is -3.76. The lowest BCUT2D eigenvalue weighted by Gasteiger charge is -2.18. The van der Waals surface area contributed by atoms with Crippen LogP contribution in [0.2, 0.25) is 5.02 Å². The van der Waals surface area contributed by atoms with Crippen LogP contribution in [0.3, 0.4) is 0 Å². The van der Waals surface area contributed by atoms with Crippen molar-refractivity contribution in [2.45, 2.75) is 37.1 Å². The molecule has 0 aromatic heterocycles. The number of carboxylic acid groups (broad SMARTS) is 1. The molecule has 0 saturated heterocycles. The van der Waals surface area contributed by atoms with Gasteiger partial charge in [-0.3, -0.25) is 4.79 Å². The van der Waals surface area contributed by atoms with Gasteiger partial charge in [-0.15, -0.1) is 0 Å². The van der Waals surface area contributed by atoms with Crippen molar-refractivity contribution in [1.82, 2.24) is 4.72 Å². The maximum atomic E-state index is 12.4. The third-order valence-electron chi connectivity index (χ3n) is 3.58. The Kier molecular flexibility index (Phi) is 4.36. The number of carboxylic acids is 1. The molecule has 2 N–H and O–H groups in total. The standard InChI is InChI=1S/C13H16ClNO4S/c1-8-5-6-9(14)7-12(8)20(18,19)15-11-4-2-3-10(11)13(16)17/h5-7,10-11,15H,2-4H2,1H3,(H,16,17). The van der Waals surface area contributed by atoms with Crippen LogP contribution in [-0.4, -0.2) is 25.5 Å². The summed E-state index contributed by atoms with van der Waals surface area (Å²) in [6, 6.07) is 4.06. The lowest BCUT2D eigenvalue weighted by Crippen LogP contribution is -2.40. The molecule has 2 atom stereocenters. The normalized spacial score (nSPS) is 22.9. The van der Waals surface area contributed by atoms with E-state index in [1.165, 1.54) is 6.07 Å². The van der Waals surface area contributed by atoms with Gasteiger partial charge in [0.25, 0.3) is 0 Å². The molecule has 20 heavy (non-hydrogen) atoms. The molecular formula is C13H16ClNO4S. The lowest BCUT2D eigenvalue weighted by atomic mass is 10.1. The van der Waals surface area contributed by atoms with Crippen molar-refractivity contribution in [2.75, 3.05) is 0 Å². The molecule has 1 aromatic carbocycles. The van der Waals surface area contributed by atoms with Gasteiger partial charge >= 0.3 is 5.97 Å². The molecule has 5 nitrogen and oxygen atoms in total. The van der Waals surface area contributed by atoms with Crippen LogP contribution in [0.5, 0.6) is 0 Å². The van der Waals surface area contributed by atoms with Crippen LogP contribution in [-0.2, 0) is 14.8 Å². The van der Waals surface area contributed by atoms with Crippen LogP contribution < -0.4 is 4.72 Å². The predicted molar refractivity (Wildman–Crippen MR) is 75.3 cm³/mol. The number of sulfonamides is 1. The van der Waals surface area contributed by atoms with E-state index in [0.717, 1.165) is 0 Å². The van der Waals surface area contributed by atoms with E-state index in [1.54, 1.807) is 19.1 Å². The van der Waals surface area contributed by atoms with Crippen LogP contribution >= 0.6 is 11.6 Å². The van der Waals surface area contributed by atoms with E-state index in [4.69, 9.17) is 16.7 Å². The first-order chi connectivity index (χ1) is 9.31. The molecular weight excluding hydrogens is 302 g/mol. The van der Waals surface area contributed by atoms with E-state index in [9.17, 15) is 13.2 Å². The Morgan fingerprint density at radius 1 is 1.40 bits per heavy atom. The highest BCUT2D eigenvalue weighted by Gasteiger charge is 2.36. The van der Waals surface area contributed by atoms with Crippen molar-refractivity contribution in [3.8, 4) is 0 Å². The third kappa shape index (κ3) is 3.13. The fourth-order valence-electron chi connectivity index (χ4n) is 2.52. The number of aryl methyl sites for hydroxylation is 1. The van der Waals surface area contributed by atoms with Gasteiger partial charge in [-0.05, 0) is 37.5 Å². The average molecular weight is 318 g/mol. The molecule has 1 aliphatic rings. The molecule has 0 amide bonds. The summed E-state index contributed by atoms with van der Waals surface area (Å²) in [6.07, 6.45) is 1.74. The first-order valence-electron chi connectivity index (χ1n) is 6.32. The predicted octanol–water partition coefficient (Wildman–Crippen LogP) is 2.18. The zero-order valence-corrected chi connectivity index (χ0v) is 12.5. The Morgan fingerprint density at radius 3 is 2.75 bits per heavy atom. The Bertz CT molecular complexity index is 629. The molecule has 0 spiro atoms. The molecule has 2 rings (SSSR count). The third-order valence-corrected chi connectivity index (χ3v) is 5.45. The molecule has 7 heteroatoms. The zero-order valence-electron chi connectivity index (χ0n) is 11.0. The van der Waals surface area contributed by atoms with Crippen molar-refractivity contribution in [2.24, 2.45) is 5.92 Å². The molecule has 0 heterocycles. The number of hydrogen-bond acceptors (Lipinski definition) is 3. The second-order valence-corrected chi connectivity index (χ2v) is 7.13. The molecule has 2 unspecified atom stereocenters. The first-order valence-corrected chi connectivity index (χ1v) is 8.18. The number of benzene rings is 1. The largest absolute Gasteiger partial charge is 0.481 e. The SMILES string of the molecule is Cc1ccc(Cl)cc1S(=O)(=O)NC1CCCC1C(=O)O. The van der Waals surface area contributed by atoms with Crippen molar-refractivity contribution < 1.29 is 18.3 Å². The van der Waals surface area contributed by atoms with Crippen LogP contribution in [0.25, 0.3) is 0 Å². The Hall–Kier alpha value is -1.11. The summed E-state index contributed by atoms with van der Waals surface area (Å²) in [5.74, 6) is -1.62. The van der Waals surface area contributed by atoms with Gasteiger partial charge in [0, 0.05) is 11.1 Å². The van der Waals surface area contributed by atoms with Crippen LogP contribution in [0.1, 0.15) is 24.8 Å². The first kappa shape index (κ1) is 15.3. The lowest BCUT2D eigenvalue weighted by molar-refractivity contribution is -0.141. The van der Waals surface area contributed by atoms with E-state index in [-0.39, 0.29) is 4.90 Å². The smallest absolute Gasteiger partial charge is 0.308 e. The van der Waals surface area contributed by atoms with Gasteiger partial charge in [0.05, 0.1) is 10.8 Å². The fourth-order valence-corrected chi connectivity index (χ4v) is 4.34. The highest BCUT2D eigenvalue weighted by atomic mass is 35.5. The van der Waals surface area contributed by atoms with Crippen molar-refractivity contribution in [3.63, 3.8) is 0 Å². The fraction of sp³-hybridized carbons (Fsp3) is 0.462. The van der Waals surface area contributed by atoms with E-state index in [1.807, 2.05) is 0 Å². The minimum absolute atomic E-state index is 0.0982. The number of aliphatic carboxylic acids is 1. The zero-order chi connectivity index (χ0) is 14.9. The molecule has 1 fully saturated rings. The van der Waals surface area contributed by atoms with E-state index in [2.05, 4.69) is 4.72 Å². The second kappa shape index (κ2) is 5.71. The van der Waals surface area contributed by atoms with Crippen LogP contribution in [0.15, 0.2) is 23.1 Å². The number of nitrogens with one attached hydrogen (secondary N) is 1. The molecule has 110 valence electrons. The Balaban J connectivity index is 2.27. The van der Waals surface area contributed by atoms with Gasteiger partial charge in [-0.1, -0.05) is 24.1 Å². The van der Waals surface area contributed by atoms with Gasteiger partial charge < -0.3 is 5.11 Å². The number of carbonyl (C=O) groups is 1. The van der Waals surface area contributed by atoms with Gasteiger partial charge in [0.1, 0.15) is 0 Å². The van der Waals surface area contributed by atoms with E-state index >= 15 is 0 Å². The summed E-state index contributed by atoms with van der Waals surface area (Å²) in [5.41, 5.74) is 0.576. The quantitative estimate of drug-likeness (QED) is 0.891. The van der Waals surface area contributed by atoms with E-state index in [0.29, 0.717) is 29.8 Å². The van der Waals surface area contributed by atoms with Crippen LogP contribution in [0, 0.1) is 12.8 Å². The van der Waals surface area contributed by atoms with Gasteiger partial charge in [0.2, 0.25) is 10.0 Å². The van der Waals surface area contributed by atoms with Crippen molar-refractivity contribution in [3.05, 3.63) is 28.8 Å². The molecule has 0 bridgehead atoms. The summed E-state index contributed by atoms with van der Waals surface area (Å²) < 4.78 is 27.2. The Morgan fingerprint density at radius 2 is 2.10 bits per heavy atom. The topological polar surface area (TPSA) is 83.5 Å². The second-order valence-electron chi connectivity index (χ2n) is 5.01. The average Bonchev–Trinajstić information content (AvgIpc) is 2.79. The van der Waals surface area contributed by atoms with E-state index < -0.39 is 28.0 Å². The summed E-state index contributed by atoms with van der Waals surface area (Å²) >= 11 is 5.83. The highest BCUT2D eigenvalue weighted by molar-refractivity contribution is 7.89. The highest BCUT2D eigenvalue weighted by Crippen LogP contribution is 2.28. The van der Waals surface area contributed by atoms with Crippen molar-refractivity contribution >= 4 is 27.6 Å². The maximum Gasteiger partial charge on any atom is 0.308 e. The summed E-state index contributed by atoms with van der Waals surface area (Å²) in [4.78, 5) is 11.2. The number of halogens is 1. The summed E-state index contributed by atoms with van der Waals surface area (Å²) in [7, 11) is -3.76. The van der Waals surface area contributed by atoms with Gasteiger partial charge in [-0.25, -0.2) is 13.1 Å². The molecule has 1 aromatic rings. The summed E-state index contributed by atoms with van der Waals surface area (Å²) in [6.45, 7) is 1.67. The summed E-state index contributed by atoms with van der Waals surface area (Å²) in [5, 5.41) is 9.42. The maximum absolute atomic E-state index is 12.4.